The van der Waals surface area contributed by atoms with Crippen LogP contribution in [0.2, 0.25) is 5.02 Å². The Bertz CT molecular complexity index is 710. The Balaban J connectivity index is 0.00000450. The molecule has 1 aliphatic heterocycles. The van der Waals surface area contributed by atoms with Crippen LogP contribution in [0.3, 0.4) is 0 Å². The second-order valence-corrected chi connectivity index (χ2v) is 7.43. The van der Waals surface area contributed by atoms with Crippen LogP contribution in [0.5, 0.6) is 11.5 Å². The number of hydrogen-bond donors (Lipinski definition) is 2. The van der Waals surface area contributed by atoms with Gasteiger partial charge in [0.05, 0.1) is 25.3 Å². The zero-order chi connectivity index (χ0) is 21.2. The fourth-order valence-electron chi connectivity index (χ4n) is 3.45. The van der Waals surface area contributed by atoms with Crippen molar-refractivity contribution in [2.75, 3.05) is 40.4 Å². The summed E-state index contributed by atoms with van der Waals surface area (Å²) < 4.78 is 11.0. The average Bonchev–Trinajstić information content (AvgIpc) is 2.73. The molecular formula is C21H34ClIN4O3. The number of benzene rings is 1. The number of nitrogens with one attached hydrogen (secondary N) is 2. The molecule has 1 amide bonds. The molecule has 1 saturated heterocycles. The smallest absolute Gasteiger partial charge is 0.220 e. The van der Waals surface area contributed by atoms with Crippen molar-refractivity contribution >= 4 is 47.4 Å². The van der Waals surface area contributed by atoms with E-state index in [-0.39, 0.29) is 29.9 Å². The molecule has 1 heterocycles. The Labute approximate surface area is 201 Å². The fourth-order valence-corrected chi connectivity index (χ4v) is 3.74. The first kappa shape index (κ1) is 26.6. The molecular weight excluding hydrogens is 519 g/mol. The molecule has 1 aromatic carbocycles. The fraction of sp³-hybridized carbons (Fsp3) is 0.619. The van der Waals surface area contributed by atoms with E-state index in [0.717, 1.165) is 44.0 Å². The summed E-state index contributed by atoms with van der Waals surface area (Å²) in [7, 11) is 3.30. The molecule has 0 spiro atoms. The van der Waals surface area contributed by atoms with Crippen molar-refractivity contribution in [1.29, 1.82) is 0 Å². The Kier molecular flexibility index (Phi) is 12.2. The van der Waals surface area contributed by atoms with Crippen LogP contribution in [-0.4, -0.2) is 57.2 Å². The van der Waals surface area contributed by atoms with Gasteiger partial charge >= 0.3 is 0 Å². The number of carbonyl (C=O) groups is 1. The predicted octanol–water partition coefficient (Wildman–Crippen LogP) is 3.68. The summed E-state index contributed by atoms with van der Waals surface area (Å²) in [4.78, 5) is 18.7. The molecule has 7 nitrogen and oxygen atoms in total. The Morgan fingerprint density at radius 2 is 2.00 bits per heavy atom. The molecule has 30 heavy (non-hydrogen) atoms. The van der Waals surface area contributed by atoms with Crippen molar-refractivity contribution < 1.29 is 14.3 Å². The first-order chi connectivity index (χ1) is 14.0. The van der Waals surface area contributed by atoms with Crippen LogP contribution in [0.25, 0.3) is 0 Å². The van der Waals surface area contributed by atoms with Gasteiger partial charge in [-0.2, -0.15) is 0 Å². The lowest BCUT2D eigenvalue weighted by Crippen LogP contribution is -2.46. The standard InChI is InChI=1S/C21H33ClN4O3.HI/c1-5-24-21(26-9-7-15(8-10-26)13-19(27)23-3)25-14-16-11-17(22)20(29-6-2)18(12-16)28-4;/h11-12,15H,5-10,13-14H2,1-4H3,(H,23,27)(H,24,25);1H. The van der Waals surface area contributed by atoms with Crippen LogP contribution < -0.4 is 20.1 Å². The lowest BCUT2D eigenvalue weighted by Gasteiger charge is -2.34. The number of hydrogen-bond acceptors (Lipinski definition) is 4. The molecule has 0 radical (unpaired) electrons. The van der Waals surface area contributed by atoms with E-state index in [9.17, 15) is 4.79 Å². The van der Waals surface area contributed by atoms with Gasteiger partial charge in [0.1, 0.15) is 0 Å². The van der Waals surface area contributed by atoms with Crippen LogP contribution in [0.15, 0.2) is 17.1 Å². The molecule has 1 fully saturated rings. The molecule has 1 aliphatic rings. The molecule has 2 rings (SSSR count). The van der Waals surface area contributed by atoms with Crippen molar-refractivity contribution in [2.24, 2.45) is 10.9 Å². The average molecular weight is 553 g/mol. The number of halogens is 2. The molecule has 0 atom stereocenters. The number of guanidine groups is 1. The minimum absolute atomic E-state index is 0. The monoisotopic (exact) mass is 552 g/mol. The van der Waals surface area contributed by atoms with Crippen molar-refractivity contribution in [3.63, 3.8) is 0 Å². The minimum Gasteiger partial charge on any atom is -0.493 e. The number of likely N-dealkylation sites (tertiary alicyclic amines) is 1. The largest absolute Gasteiger partial charge is 0.493 e. The highest BCUT2D eigenvalue weighted by Gasteiger charge is 2.23. The van der Waals surface area contributed by atoms with Crippen LogP contribution in [0.4, 0.5) is 0 Å². The third-order valence-corrected chi connectivity index (χ3v) is 5.27. The first-order valence-electron chi connectivity index (χ1n) is 10.2. The summed E-state index contributed by atoms with van der Waals surface area (Å²) in [5.74, 6) is 2.61. The molecule has 0 aromatic heterocycles. The zero-order valence-electron chi connectivity index (χ0n) is 18.3. The molecule has 0 saturated carbocycles. The number of methoxy groups -OCH3 is 1. The first-order valence-corrected chi connectivity index (χ1v) is 10.6. The molecule has 0 aliphatic carbocycles. The van der Waals surface area contributed by atoms with Gasteiger partial charge in [0.25, 0.3) is 0 Å². The third-order valence-electron chi connectivity index (χ3n) is 4.99. The lowest BCUT2D eigenvalue weighted by molar-refractivity contribution is -0.121. The second-order valence-electron chi connectivity index (χ2n) is 7.02. The third kappa shape index (κ3) is 7.68. The molecule has 1 aromatic rings. The van der Waals surface area contributed by atoms with E-state index in [1.807, 2.05) is 19.1 Å². The van der Waals surface area contributed by atoms with Crippen LogP contribution in [-0.2, 0) is 11.3 Å². The van der Waals surface area contributed by atoms with Gasteiger partial charge < -0.3 is 25.0 Å². The highest BCUT2D eigenvalue weighted by atomic mass is 127. The van der Waals surface area contributed by atoms with E-state index < -0.39 is 0 Å². The molecule has 0 bridgehead atoms. The number of aliphatic imine (C=N–C) groups is 1. The van der Waals surface area contributed by atoms with Gasteiger partial charge in [0.15, 0.2) is 17.5 Å². The summed E-state index contributed by atoms with van der Waals surface area (Å²) in [6.07, 6.45) is 2.57. The number of ether oxygens (including phenoxy) is 2. The lowest BCUT2D eigenvalue weighted by atomic mass is 9.93. The second kappa shape index (κ2) is 13.8. The highest BCUT2D eigenvalue weighted by molar-refractivity contribution is 14.0. The highest BCUT2D eigenvalue weighted by Crippen LogP contribution is 2.36. The maximum absolute atomic E-state index is 11.6. The summed E-state index contributed by atoms with van der Waals surface area (Å²) in [6, 6.07) is 3.79. The normalized spacial score (nSPS) is 14.7. The van der Waals surface area contributed by atoms with E-state index in [1.54, 1.807) is 14.2 Å². The minimum atomic E-state index is 0. The van der Waals surface area contributed by atoms with E-state index in [0.29, 0.717) is 42.0 Å². The van der Waals surface area contributed by atoms with Gasteiger partial charge in [-0.1, -0.05) is 11.6 Å². The van der Waals surface area contributed by atoms with Crippen molar-refractivity contribution in [3.05, 3.63) is 22.7 Å². The number of rotatable bonds is 8. The van der Waals surface area contributed by atoms with Crippen LogP contribution in [0.1, 0.15) is 38.7 Å². The van der Waals surface area contributed by atoms with E-state index in [2.05, 4.69) is 22.5 Å². The maximum atomic E-state index is 11.6. The summed E-state index contributed by atoms with van der Waals surface area (Å²) in [5, 5.41) is 6.61. The Hall–Kier alpha value is -1.42. The molecule has 0 unspecified atom stereocenters. The number of amides is 1. The van der Waals surface area contributed by atoms with Crippen molar-refractivity contribution in [3.8, 4) is 11.5 Å². The summed E-state index contributed by atoms with van der Waals surface area (Å²) >= 11 is 6.37. The number of carbonyl (C=O) groups excluding carboxylic acids is 1. The van der Waals surface area contributed by atoms with Crippen LogP contribution >= 0.6 is 35.6 Å². The van der Waals surface area contributed by atoms with E-state index in [4.69, 9.17) is 26.1 Å². The zero-order valence-corrected chi connectivity index (χ0v) is 21.4. The van der Waals surface area contributed by atoms with Gasteiger partial charge in [-0.05, 0) is 50.3 Å². The topological polar surface area (TPSA) is 75.2 Å². The number of nitrogens with zero attached hydrogens (tertiary/aromatic N) is 2. The Morgan fingerprint density at radius 1 is 1.30 bits per heavy atom. The van der Waals surface area contributed by atoms with Crippen LogP contribution in [0, 0.1) is 5.92 Å². The number of piperidine rings is 1. The Morgan fingerprint density at radius 3 is 2.57 bits per heavy atom. The maximum Gasteiger partial charge on any atom is 0.220 e. The molecule has 170 valence electrons. The van der Waals surface area contributed by atoms with Gasteiger partial charge in [-0.3, -0.25) is 4.79 Å². The van der Waals surface area contributed by atoms with E-state index in [1.165, 1.54) is 0 Å². The molecule has 2 N–H and O–H groups in total. The predicted molar refractivity (Wildman–Crippen MR) is 132 cm³/mol. The van der Waals surface area contributed by atoms with Crippen molar-refractivity contribution in [1.82, 2.24) is 15.5 Å². The summed E-state index contributed by atoms with van der Waals surface area (Å²) in [6.45, 7) is 7.56. The van der Waals surface area contributed by atoms with Gasteiger partial charge in [-0.25, -0.2) is 4.99 Å². The van der Waals surface area contributed by atoms with Gasteiger partial charge in [0, 0.05) is 33.1 Å². The molecule has 9 heteroatoms. The van der Waals surface area contributed by atoms with Gasteiger partial charge in [-0.15, -0.1) is 24.0 Å². The van der Waals surface area contributed by atoms with E-state index >= 15 is 0 Å². The van der Waals surface area contributed by atoms with Gasteiger partial charge in [0.2, 0.25) is 5.91 Å². The summed E-state index contributed by atoms with van der Waals surface area (Å²) in [5.41, 5.74) is 0.959. The quantitative estimate of drug-likeness (QED) is 0.292. The SMILES string of the molecule is CCNC(=NCc1cc(Cl)c(OCC)c(OC)c1)N1CCC(CC(=O)NC)CC1.I. The van der Waals surface area contributed by atoms with Crippen molar-refractivity contribution in [2.45, 2.75) is 39.7 Å².